The highest BCUT2D eigenvalue weighted by molar-refractivity contribution is 5.39. The first-order chi connectivity index (χ1) is 10.1. The van der Waals surface area contributed by atoms with E-state index < -0.39 is 0 Å². The van der Waals surface area contributed by atoms with Gasteiger partial charge in [-0.25, -0.2) is 0 Å². The summed E-state index contributed by atoms with van der Waals surface area (Å²) in [6.45, 7) is 12.1. The summed E-state index contributed by atoms with van der Waals surface area (Å²) in [6.07, 6.45) is 1.19. The predicted octanol–water partition coefficient (Wildman–Crippen LogP) is 2.54. The smallest absolute Gasteiger partial charge is 0.161 e. The maximum absolute atomic E-state index is 5.91. The summed E-state index contributed by atoms with van der Waals surface area (Å²) in [4.78, 5) is 2.48. The topological polar surface area (TPSA) is 33.7 Å². The van der Waals surface area contributed by atoms with E-state index >= 15 is 0 Å². The third kappa shape index (κ3) is 5.21. The highest BCUT2D eigenvalue weighted by Crippen LogP contribution is 2.26. The zero-order valence-corrected chi connectivity index (χ0v) is 13.5. The average Bonchev–Trinajstić information content (AvgIpc) is 2.61. The van der Waals surface area contributed by atoms with E-state index in [0.29, 0.717) is 13.2 Å². The van der Waals surface area contributed by atoms with Crippen LogP contribution in [0.5, 0.6) is 11.5 Å². The second-order valence-corrected chi connectivity index (χ2v) is 6.17. The number of benzene rings is 1. The van der Waals surface area contributed by atoms with Gasteiger partial charge < -0.3 is 14.8 Å². The molecule has 0 bridgehead atoms. The van der Waals surface area contributed by atoms with Gasteiger partial charge in [-0.15, -0.1) is 0 Å². The van der Waals surface area contributed by atoms with Gasteiger partial charge in [0.25, 0.3) is 0 Å². The summed E-state index contributed by atoms with van der Waals surface area (Å²) in [5, 5.41) is 3.58. The van der Waals surface area contributed by atoms with Crippen LogP contribution in [-0.4, -0.2) is 49.8 Å². The fourth-order valence-electron chi connectivity index (χ4n) is 2.74. The molecule has 1 aliphatic rings. The van der Waals surface area contributed by atoms with Gasteiger partial charge in [-0.3, -0.25) is 4.90 Å². The highest BCUT2D eigenvalue weighted by Gasteiger charge is 2.23. The van der Waals surface area contributed by atoms with Crippen molar-refractivity contribution in [3.05, 3.63) is 24.3 Å². The van der Waals surface area contributed by atoms with Crippen LogP contribution in [0.2, 0.25) is 0 Å². The summed E-state index contributed by atoms with van der Waals surface area (Å²) in [5.74, 6) is 1.67. The number of nitrogens with zero attached hydrogens (tertiary/aromatic N) is 1. The summed E-state index contributed by atoms with van der Waals surface area (Å²) in [7, 11) is 0. The Kier molecular flexibility index (Phi) is 5.88. The van der Waals surface area contributed by atoms with Crippen molar-refractivity contribution in [3.8, 4) is 11.5 Å². The molecule has 1 heterocycles. The van der Waals surface area contributed by atoms with Gasteiger partial charge in [-0.2, -0.15) is 0 Å². The molecule has 0 radical (unpaired) electrons. The van der Waals surface area contributed by atoms with Crippen LogP contribution >= 0.6 is 0 Å². The van der Waals surface area contributed by atoms with Crippen LogP contribution < -0.4 is 14.8 Å². The van der Waals surface area contributed by atoms with Gasteiger partial charge >= 0.3 is 0 Å². The normalized spacial score (nSPS) is 19.0. The molecule has 0 saturated carbocycles. The Morgan fingerprint density at radius 1 is 1.19 bits per heavy atom. The third-order valence-electron chi connectivity index (χ3n) is 3.69. The SMILES string of the molecule is CCOc1ccccc1OCCN1CCCNC(C)(C)C1. The van der Waals surface area contributed by atoms with E-state index in [1.54, 1.807) is 0 Å². The first-order valence-corrected chi connectivity index (χ1v) is 7.93. The van der Waals surface area contributed by atoms with Gasteiger partial charge in [-0.05, 0) is 52.4 Å². The Morgan fingerprint density at radius 2 is 1.90 bits per heavy atom. The Labute approximate surface area is 128 Å². The largest absolute Gasteiger partial charge is 0.490 e. The van der Waals surface area contributed by atoms with E-state index in [2.05, 4.69) is 24.1 Å². The Hall–Kier alpha value is -1.26. The molecule has 1 fully saturated rings. The van der Waals surface area contributed by atoms with Crippen molar-refractivity contribution in [2.24, 2.45) is 0 Å². The zero-order chi connectivity index (χ0) is 15.1. The molecule has 0 unspecified atom stereocenters. The van der Waals surface area contributed by atoms with Crippen molar-refractivity contribution in [1.29, 1.82) is 0 Å². The van der Waals surface area contributed by atoms with E-state index in [1.807, 2.05) is 31.2 Å². The van der Waals surface area contributed by atoms with Crippen molar-refractivity contribution in [2.75, 3.05) is 39.4 Å². The van der Waals surface area contributed by atoms with Gasteiger partial charge in [-0.1, -0.05) is 12.1 Å². The van der Waals surface area contributed by atoms with Gasteiger partial charge in [0.1, 0.15) is 6.61 Å². The van der Waals surface area contributed by atoms with Crippen LogP contribution in [0.15, 0.2) is 24.3 Å². The molecule has 1 aromatic rings. The zero-order valence-electron chi connectivity index (χ0n) is 13.5. The van der Waals surface area contributed by atoms with Crippen molar-refractivity contribution in [3.63, 3.8) is 0 Å². The van der Waals surface area contributed by atoms with Crippen molar-refractivity contribution in [1.82, 2.24) is 10.2 Å². The summed E-state index contributed by atoms with van der Waals surface area (Å²) < 4.78 is 11.5. The summed E-state index contributed by atoms with van der Waals surface area (Å²) in [5.41, 5.74) is 0.180. The Morgan fingerprint density at radius 3 is 2.62 bits per heavy atom. The standard InChI is InChI=1S/C17H28N2O2/c1-4-20-15-8-5-6-9-16(15)21-13-12-19-11-7-10-18-17(2,3)14-19/h5-6,8-9,18H,4,7,10-14H2,1-3H3. The summed E-state index contributed by atoms with van der Waals surface area (Å²) in [6, 6.07) is 7.88. The number of ether oxygens (including phenoxy) is 2. The lowest BCUT2D eigenvalue weighted by Crippen LogP contribution is -2.47. The molecule has 0 spiro atoms. The number of rotatable bonds is 6. The number of para-hydroxylation sites is 2. The molecule has 21 heavy (non-hydrogen) atoms. The van der Waals surface area contributed by atoms with Gasteiger partial charge in [0.15, 0.2) is 11.5 Å². The molecular weight excluding hydrogens is 264 g/mol. The van der Waals surface area contributed by atoms with Crippen LogP contribution in [0.1, 0.15) is 27.2 Å². The van der Waals surface area contributed by atoms with Crippen LogP contribution in [-0.2, 0) is 0 Å². The average molecular weight is 292 g/mol. The Balaban J connectivity index is 1.83. The monoisotopic (exact) mass is 292 g/mol. The first-order valence-electron chi connectivity index (χ1n) is 7.93. The van der Waals surface area contributed by atoms with E-state index in [-0.39, 0.29) is 5.54 Å². The number of nitrogens with one attached hydrogen (secondary N) is 1. The second kappa shape index (κ2) is 7.66. The lowest BCUT2D eigenvalue weighted by Gasteiger charge is -2.29. The molecule has 0 amide bonds. The second-order valence-electron chi connectivity index (χ2n) is 6.17. The first kappa shape index (κ1) is 16.1. The van der Waals surface area contributed by atoms with Crippen molar-refractivity contribution < 1.29 is 9.47 Å². The van der Waals surface area contributed by atoms with E-state index in [4.69, 9.17) is 9.47 Å². The molecular formula is C17H28N2O2. The molecule has 2 rings (SSSR count). The molecule has 118 valence electrons. The lowest BCUT2D eigenvalue weighted by atomic mass is 10.1. The van der Waals surface area contributed by atoms with Crippen LogP contribution in [0.3, 0.4) is 0 Å². The maximum atomic E-state index is 5.91. The van der Waals surface area contributed by atoms with Crippen molar-refractivity contribution in [2.45, 2.75) is 32.7 Å². The highest BCUT2D eigenvalue weighted by atomic mass is 16.5. The van der Waals surface area contributed by atoms with E-state index in [0.717, 1.165) is 37.7 Å². The molecule has 1 N–H and O–H groups in total. The minimum atomic E-state index is 0.180. The van der Waals surface area contributed by atoms with Gasteiger partial charge in [0, 0.05) is 18.6 Å². The van der Waals surface area contributed by atoms with E-state index in [9.17, 15) is 0 Å². The maximum Gasteiger partial charge on any atom is 0.161 e. The van der Waals surface area contributed by atoms with Crippen LogP contribution in [0.25, 0.3) is 0 Å². The fourth-order valence-corrected chi connectivity index (χ4v) is 2.74. The summed E-state index contributed by atoms with van der Waals surface area (Å²) >= 11 is 0. The molecule has 1 saturated heterocycles. The molecule has 0 atom stereocenters. The quantitative estimate of drug-likeness (QED) is 0.873. The van der Waals surface area contributed by atoms with Gasteiger partial charge in [0.05, 0.1) is 6.61 Å². The number of hydrogen-bond donors (Lipinski definition) is 1. The molecule has 0 aliphatic carbocycles. The minimum Gasteiger partial charge on any atom is -0.490 e. The molecule has 0 aromatic heterocycles. The third-order valence-corrected chi connectivity index (χ3v) is 3.69. The van der Waals surface area contributed by atoms with Crippen LogP contribution in [0, 0.1) is 0 Å². The lowest BCUT2D eigenvalue weighted by molar-refractivity contribution is 0.183. The van der Waals surface area contributed by atoms with Crippen molar-refractivity contribution >= 4 is 0 Å². The fraction of sp³-hybridized carbons (Fsp3) is 0.647. The molecule has 1 aliphatic heterocycles. The van der Waals surface area contributed by atoms with Crippen LogP contribution in [0.4, 0.5) is 0 Å². The minimum absolute atomic E-state index is 0.180. The predicted molar refractivity (Wildman–Crippen MR) is 86.2 cm³/mol. The number of hydrogen-bond acceptors (Lipinski definition) is 4. The Bertz CT molecular complexity index is 435. The van der Waals surface area contributed by atoms with Gasteiger partial charge in [0.2, 0.25) is 0 Å². The molecule has 1 aromatic carbocycles. The molecule has 4 nitrogen and oxygen atoms in total. The molecule has 4 heteroatoms. The van der Waals surface area contributed by atoms with E-state index in [1.165, 1.54) is 6.42 Å².